The van der Waals surface area contributed by atoms with Gasteiger partial charge in [0.15, 0.2) is 0 Å². The number of carboxylic acid groups (broad SMARTS) is 1. The van der Waals surface area contributed by atoms with Gasteiger partial charge in [0.2, 0.25) is 5.91 Å². The van der Waals surface area contributed by atoms with Crippen LogP contribution < -0.4 is 5.56 Å². The van der Waals surface area contributed by atoms with Gasteiger partial charge in [0.05, 0.1) is 17.3 Å². The number of rotatable bonds is 7. The van der Waals surface area contributed by atoms with Crippen LogP contribution in [0, 0.1) is 5.82 Å². The molecule has 0 saturated heterocycles. The summed E-state index contributed by atoms with van der Waals surface area (Å²) >= 11 is 6.33. The van der Waals surface area contributed by atoms with E-state index in [0.29, 0.717) is 32.9 Å². The molecule has 1 aliphatic heterocycles. The van der Waals surface area contributed by atoms with Gasteiger partial charge in [-0.15, -0.1) is 0 Å². The van der Waals surface area contributed by atoms with Gasteiger partial charge in [-0.3, -0.25) is 14.4 Å². The summed E-state index contributed by atoms with van der Waals surface area (Å²) < 4.78 is 13.7. The van der Waals surface area contributed by atoms with Gasteiger partial charge in [-0.05, 0) is 47.9 Å². The molecular formula is C29H23ClFN3O4. The highest BCUT2D eigenvalue weighted by Gasteiger charge is 2.35. The van der Waals surface area contributed by atoms with Crippen LogP contribution >= 0.6 is 11.6 Å². The molecule has 3 aromatic carbocycles. The molecule has 1 amide bonds. The number of fused-ring (bicyclic) bond motifs is 1. The monoisotopic (exact) mass is 531 g/mol. The lowest BCUT2D eigenvalue weighted by Gasteiger charge is -2.22. The number of hydrazone groups is 1. The van der Waals surface area contributed by atoms with E-state index in [9.17, 15) is 18.8 Å². The lowest BCUT2D eigenvalue weighted by Crippen LogP contribution is -2.27. The number of carbonyl (C=O) groups is 2. The molecule has 7 nitrogen and oxygen atoms in total. The fourth-order valence-corrected chi connectivity index (χ4v) is 4.96. The molecule has 0 bridgehead atoms. The standard InChI is InChI=1S/C29H23ClFN3O4/c30-19-11-14-22-21(15-19)27(18-5-2-1-3-6-18)28(29(38)32-22)23-16-24(17-9-12-20(31)13-10-17)34(33-23)25(35)7-4-8-26(36)37/h1-3,5-6,9-15,24H,4,7-8,16H2,(H,32,38)(H,36,37)/t24-/m1/s1. The van der Waals surface area contributed by atoms with E-state index < -0.39 is 17.8 Å². The molecule has 4 aromatic rings. The molecule has 192 valence electrons. The molecule has 1 atom stereocenters. The molecule has 2 heterocycles. The summed E-state index contributed by atoms with van der Waals surface area (Å²) in [5.74, 6) is -1.79. The fraction of sp³-hybridized carbons (Fsp3) is 0.172. The Balaban J connectivity index is 1.66. The van der Waals surface area contributed by atoms with Gasteiger partial charge in [0, 0.05) is 40.8 Å². The van der Waals surface area contributed by atoms with Crippen molar-refractivity contribution in [2.45, 2.75) is 31.7 Å². The predicted molar refractivity (Wildman–Crippen MR) is 144 cm³/mol. The van der Waals surface area contributed by atoms with Gasteiger partial charge in [-0.1, -0.05) is 54.1 Å². The number of hydrogen-bond donors (Lipinski definition) is 2. The van der Waals surface area contributed by atoms with E-state index in [0.717, 1.165) is 10.9 Å². The number of amides is 1. The highest BCUT2D eigenvalue weighted by molar-refractivity contribution is 6.31. The Morgan fingerprint density at radius 1 is 1.03 bits per heavy atom. The van der Waals surface area contributed by atoms with Crippen molar-refractivity contribution in [2.24, 2.45) is 5.10 Å². The van der Waals surface area contributed by atoms with Gasteiger partial charge in [-0.2, -0.15) is 5.10 Å². The molecule has 0 fully saturated rings. The SMILES string of the molecule is O=C(O)CCCC(=O)N1N=C(c2c(-c3ccccc3)c3cc(Cl)ccc3[nH]c2=O)C[C@@H]1c1ccc(F)cc1. The maximum absolute atomic E-state index is 13.7. The van der Waals surface area contributed by atoms with Gasteiger partial charge >= 0.3 is 5.97 Å². The van der Waals surface area contributed by atoms with Crippen LogP contribution in [0.2, 0.25) is 5.02 Å². The number of hydrogen-bond acceptors (Lipinski definition) is 4. The molecule has 0 spiro atoms. The third-order valence-electron chi connectivity index (χ3n) is 6.53. The molecule has 5 rings (SSSR count). The molecule has 0 radical (unpaired) electrons. The van der Waals surface area contributed by atoms with E-state index in [1.807, 2.05) is 30.3 Å². The second-order valence-corrected chi connectivity index (χ2v) is 9.50. The van der Waals surface area contributed by atoms with E-state index in [1.165, 1.54) is 17.1 Å². The van der Waals surface area contributed by atoms with E-state index in [-0.39, 0.29) is 37.1 Å². The molecule has 0 aliphatic carbocycles. The number of nitrogens with one attached hydrogen (secondary N) is 1. The number of halogens is 2. The Labute approximate surface area is 222 Å². The molecule has 0 saturated carbocycles. The molecule has 2 N–H and O–H groups in total. The zero-order valence-corrected chi connectivity index (χ0v) is 20.9. The Morgan fingerprint density at radius 2 is 1.76 bits per heavy atom. The van der Waals surface area contributed by atoms with E-state index in [2.05, 4.69) is 10.1 Å². The van der Waals surface area contributed by atoms with E-state index >= 15 is 0 Å². The van der Waals surface area contributed by atoms with Crippen LogP contribution in [0.25, 0.3) is 22.0 Å². The number of H-pyrrole nitrogens is 1. The van der Waals surface area contributed by atoms with E-state index in [1.54, 1.807) is 30.3 Å². The van der Waals surface area contributed by atoms with Crippen molar-refractivity contribution in [1.82, 2.24) is 9.99 Å². The van der Waals surface area contributed by atoms with Gasteiger partial charge in [-0.25, -0.2) is 9.40 Å². The highest BCUT2D eigenvalue weighted by Crippen LogP contribution is 2.37. The molecule has 1 aliphatic rings. The second kappa shape index (κ2) is 10.6. The zero-order chi connectivity index (χ0) is 26.8. The van der Waals surface area contributed by atoms with Crippen molar-refractivity contribution in [3.8, 4) is 11.1 Å². The minimum atomic E-state index is -0.993. The Hall–Kier alpha value is -4.30. The predicted octanol–water partition coefficient (Wildman–Crippen LogP) is 5.92. The molecule has 1 aromatic heterocycles. The van der Waals surface area contributed by atoms with Crippen LogP contribution in [0.3, 0.4) is 0 Å². The van der Waals surface area contributed by atoms with Crippen molar-refractivity contribution < 1.29 is 19.1 Å². The summed E-state index contributed by atoms with van der Waals surface area (Å²) in [5.41, 5.74) is 3.04. The van der Waals surface area contributed by atoms with Crippen LogP contribution in [0.5, 0.6) is 0 Å². The summed E-state index contributed by atoms with van der Waals surface area (Å²) in [6.45, 7) is 0. The average Bonchev–Trinajstić information content (AvgIpc) is 3.34. The van der Waals surface area contributed by atoms with Gasteiger partial charge in [0.25, 0.3) is 5.56 Å². The summed E-state index contributed by atoms with van der Waals surface area (Å²) in [4.78, 5) is 40.6. The first kappa shape index (κ1) is 25.4. The fourth-order valence-electron chi connectivity index (χ4n) is 4.79. The van der Waals surface area contributed by atoms with Gasteiger partial charge < -0.3 is 10.1 Å². The van der Waals surface area contributed by atoms with Gasteiger partial charge in [0.1, 0.15) is 5.82 Å². The maximum Gasteiger partial charge on any atom is 0.303 e. The number of aromatic nitrogens is 1. The van der Waals surface area contributed by atoms with Crippen molar-refractivity contribution in [2.75, 3.05) is 0 Å². The number of benzene rings is 3. The van der Waals surface area contributed by atoms with Crippen molar-refractivity contribution in [1.29, 1.82) is 0 Å². The first-order chi connectivity index (χ1) is 18.3. The van der Waals surface area contributed by atoms with Crippen LogP contribution in [0.4, 0.5) is 4.39 Å². The highest BCUT2D eigenvalue weighted by atomic mass is 35.5. The van der Waals surface area contributed by atoms with Crippen LogP contribution in [-0.4, -0.2) is 32.7 Å². The minimum absolute atomic E-state index is 0.0317. The number of carboxylic acids is 1. The van der Waals surface area contributed by atoms with Crippen molar-refractivity contribution in [3.63, 3.8) is 0 Å². The lowest BCUT2D eigenvalue weighted by molar-refractivity contribution is -0.137. The van der Waals surface area contributed by atoms with Crippen LogP contribution in [-0.2, 0) is 9.59 Å². The molecule has 9 heteroatoms. The molecular weight excluding hydrogens is 509 g/mol. The first-order valence-electron chi connectivity index (χ1n) is 12.1. The number of nitrogens with zero attached hydrogens (tertiary/aromatic N) is 2. The third kappa shape index (κ3) is 5.08. The summed E-state index contributed by atoms with van der Waals surface area (Å²) in [6.07, 6.45) is 0.178. The smallest absolute Gasteiger partial charge is 0.303 e. The Morgan fingerprint density at radius 3 is 2.47 bits per heavy atom. The lowest BCUT2D eigenvalue weighted by atomic mass is 9.91. The normalized spacial score (nSPS) is 15.1. The molecule has 0 unspecified atom stereocenters. The maximum atomic E-state index is 13.7. The topological polar surface area (TPSA) is 103 Å². The number of aliphatic carboxylic acids is 1. The molecule has 38 heavy (non-hydrogen) atoms. The second-order valence-electron chi connectivity index (χ2n) is 9.06. The zero-order valence-electron chi connectivity index (χ0n) is 20.2. The Kier molecular flexibility index (Phi) is 7.07. The minimum Gasteiger partial charge on any atom is -0.481 e. The van der Waals surface area contributed by atoms with Crippen molar-refractivity contribution in [3.05, 3.63) is 105 Å². The Bertz CT molecular complexity index is 1620. The summed E-state index contributed by atoms with van der Waals surface area (Å²) in [5, 5.41) is 16.1. The van der Waals surface area contributed by atoms with E-state index in [4.69, 9.17) is 16.7 Å². The number of carbonyl (C=O) groups excluding carboxylic acids is 1. The largest absolute Gasteiger partial charge is 0.481 e. The first-order valence-corrected chi connectivity index (χ1v) is 12.5. The summed E-state index contributed by atoms with van der Waals surface area (Å²) in [6, 6.07) is 19.8. The van der Waals surface area contributed by atoms with Crippen LogP contribution in [0.1, 0.15) is 42.9 Å². The quantitative estimate of drug-likeness (QED) is 0.309. The summed E-state index contributed by atoms with van der Waals surface area (Å²) in [7, 11) is 0. The third-order valence-corrected chi connectivity index (χ3v) is 6.76. The number of aromatic amines is 1. The average molecular weight is 532 g/mol. The van der Waals surface area contributed by atoms with Crippen molar-refractivity contribution >= 4 is 40.1 Å². The number of pyridine rings is 1. The van der Waals surface area contributed by atoms with Crippen LogP contribution in [0.15, 0.2) is 82.7 Å².